The number of hydrogen-bond acceptors (Lipinski definition) is 3. The molecule has 0 radical (unpaired) electrons. The fourth-order valence-electron chi connectivity index (χ4n) is 1.54. The summed E-state index contributed by atoms with van der Waals surface area (Å²) in [5, 5.41) is 3.21. The van der Waals surface area contributed by atoms with Crippen LogP contribution in [0.15, 0.2) is 17.3 Å². The molecule has 2 heterocycles. The molecule has 0 aromatic heterocycles. The molecule has 0 spiro atoms. The maximum absolute atomic E-state index is 4.31. The molecule has 1 N–H and O–H groups in total. The molecule has 0 aromatic carbocycles. The Morgan fingerprint density at radius 1 is 1.36 bits per heavy atom. The van der Waals surface area contributed by atoms with Gasteiger partial charge in [-0.05, 0) is 18.9 Å². The highest BCUT2D eigenvalue weighted by atomic mass is 15.4. The minimum absolute atomic E-state index is 0.211. The molecular weight excluding hydrogens is 138 g/mol. The largest absolute Gasteiger partial charge is 0.358 e. The predicted octanol–water partition coefficient (Wildman–Crippen LogP) is 0.553. The highest BCUT2D eigenvalue weighted by Gasteiger charge is 2.19. The van der Waals surface area contributed by atoms with Gasteiger partial charge in [0.15, 0.2) is 6.29 Å². The molecule has 60 valence electrons. The quantitative estimate of drug-likeness (QED) is 0.592. The normalized spacial score (nSPS) is 30.7. The number of rotatable bonds is 1. The molecule has 1 atom stereocenters. The van der Waals surface area contributed by atoms with Crippen molar-refractivity contribution in [1.29, 1.82) is 0 Å². The van der Waals surface area contributed by atoms with Gasteiger partial charge in [0.25, 0.3) is 0 Å². The molecule has 0 aromatic rings. The Hall–Kier alpha value is -0.830. The number of hydrogen-bond donors (Lipinski definition) is 1. The van der Waals surface area contributed by atoms with Gasteiger partial charge in [-0.2, -0.15) is 0 Å². The van der Waals surface area contributed by atoms with Crippen LogP contribution >= 0.6 is 0 Å². The first-order valence-corrected chi connectivity index (χ1v) is 4.15. The van der Waals surface area contributed by atoms with Crippen molar-refractivity contribution in [3.05, 3.63) is 12.3 Å². The van der Waals surface area contributed by atoms with Crippen LogP contribution in [-0.4, -0.2) is 30.5 Å². The van der Waals surface area contributed by atoms with Crippen molar-refractivity contribution in [3.63, 3.8) is 0 Å². The SMILES string of the molecule is C1=CNC(N2CCCC2)N=C1. The number of nitrogens with zero attached hydrogens (tertiary/aromatic N) is 2. The first kappa shape index (κ1) is 6.85. The second-order valence-electron chi connectivity index (χ2n) is 2.94. The summed E-state index contributed by atoms with van der Waals surface area (Å²) in [4.78, 5) is 6.68. The average Bonchev–Trinajstić information content (AvgIpc) is 2.58. The summed E-state index contributed by atoms with van der Waals surface area (Å²) in [6, 6.07) is 0. The van der Waals surface area contributed by atoms with E-state index in [2.05, 4.69) is 15.2 Å². The average molecular weight is 151 g/mol. The third-order valence-corrected chi connectivity index (χ3v) is 2.14. The lowest BCUT2D eigenvalue weighted by molar-refractivity contribution is 0.228. The first-order valence-electron chi connectivity index (χ1n) is 4.15. The van der Waals surface area contributed by atoms with Crippen molar-refractivity contribution < 1.29 is 0 Å². The third kappa shape index (κ3) is 1.43. The lowest BCUT2D eigenvalue weighted by Gasteiger charge is -2.24. The maximum atomic E-state index is 4.31. The molecule has 2 aliphatic rings. The number of aliphatic imine (C=N–C) groups is 1. The molecule has 1 saturated heterocycles. The fourth-order valence-corrected chi connectivity index (χ4v) is 1.54. The zero-order valence-electron chi connectivity index (χ0n) is 6.53. The van der Waals surface area contributed by atoms with Crippen molar-refractivity contribution in [2.75, 3.05) is 13.1 Å². The maximum Gasteiger partial charge on any atom is 0.175 e. The molecule has 0 bridgehead atoms. The molecular formula is C8H13N3. The first-order chi connectivity index (χ1) is 5.47. The smallest absolute Gasteiger partial charge is 0.175 e. The fraction of sp³-hybridized carbons (Fsp3) is 0.625. The highest BCUT2D eigenvalue weighted by Crippen LogP contribution is 2.11. The van der Waals surface area contributed by atoms with E-state index in [9.17, 15) is 0 Å². The third-order valence-electron chi connectivity index (χ3n) is 2.14. The molecule has 2 rings (SSSR count). The van der Waals surface area contributed by atoms with Crippen LogP contribution in [0, 0.1) is 0 Å². The van der Waals surface area contributed by atoms with Gasteiger partial charge in [0.1, 0.15) is 0 Å². The Morgan fingerprint density at radius 3 is 2.82 bits per heavy atom. The van der Waals surface area contributed by atoms with E-state index in [1.807, 2.05) is 18.5 Å². The van der Waals surface area contributed by atoms with Gasteiger partial charge in [-0.25, -0.2) is 0 Å². The summed E-state index contributed by atoms with van der Waals surface area (Å²) in [5.41, 5.74) is 0. The molecule has 3 heteroatoms. The van der Waals surface area contributed by atoms with Crippen molar-refractivity contribution in [2.45, 2.75) is 19.1 Å². The summed E-state index contributed by atoms with van der Waals surface area (Å²) < 4.78 is 0. The van der Waals surface area contributed by atoms with Gasteiger partial charge in [-0.3, -0.25) is 9.89 Å². The zero-order valence-corrected chi connectivity index (χ0v) is 6.53. The summed E-state index contributed by atoms with van der Waals surface area (Å²) in [6.45, 7) is 2.37. The number of likely N-dealkylation sites (tertiary alicyclic amines) is 1. The van der Waals surface area contributed by atoms with E-state index in [0.717, 1.165) is 0 Å². The van der Waals surface area contributed by atoms with E-state index in [1.165, 1.54) is 25.9 Å². The lowest BCUT2D eigenvalue weighted by atomic mass is 10.4. The summed E-state index contributed by atoms with van der Waals surface area (Å²) >= 11 is 0. The molecule has 0 aliphatic carbocycles. The Labute approximate surface area is 66.8 Å². The van der Waals surface area contributed by atoms with Gasteiger partial charge in [0, 0.05) is 25.5 Å². The van der Waals surface area contributed by atoms with E-state index in [1.54, 1.807) is 0 Å². The van der Waals surface area contributed by atoms with Crippen LogP contribution in [-0.2, 0) is 0 Å². The summed E-state index contributed by atoms with van der Waals surface area (Å²) in [5.74, 6) is 0. The Bertz CT molecular complexity index is 180. The van der Waals surface area contributed by atoms with Gasteiger partial charge >= 0.3 is 0 Å². The van der Waals surface area contributed by atoms with Crippen LogP contribution < -0.4 is 5.32 Å². The van der Waals surface area contributed by atoms with Gasteiger partial charge in [0.2, 0.25) is 0 Å². The van der Waals surface area contributed by atoms with Crippen molar-refractivity contribution in [2.24, 2.45) is 4.99 Å². The minimum atomic E-state index is 0.211. The van der Waals surface area contributed by atoms with Crippen molar-refractivity contribution in [1.82, 2.24) is 10.2 Å². The molecule has 0 amide bonds. The standard InChI is InChI=1S/C8H13N3/c1-2-7-11(6-1)8-9-4-3-5-10-8/h3-5,8-9H,1-2,6-7H2. The molecule has 2 aliphatic heterocycles. The molecule has 3 nitrogen and oxygen atoms in total. The van der Waals surface area contributed by atoms with Gasteiger partial charge < -0.3 is 5.32 Å². The van der Waals surface area contributed by atoms with Crippen LogP contribution in [0.2, 0.25) is 0 Å². The van der Waals surface area contributed by atoms with Crippen LogP contribution in [0.25, 0.3) is 0 Å². The molecule has 1 fully saturated rings. The van der Waals surface area contributed by atoms with Crippen molar-refractivity contribution >= 4 is 6.21 Å². The van der Waals surface area contributed by atoms with Gasteiger partial charge in [-0.15, -0.1) is 0 Å². The topological polar surface area (TPSA) is 27.6 Å². The highest BCUT2D eigenvalue weighted by molar-refractivity contribution is 5.71. The Kier molecular flexibility index (Phi) is 1.90. The monoisotopic (exact) mass is 151 g/mol. The van der Waals surface area contributed by atoms with Crippen LogP contribution in [0.4, 0.5) is 0 Å². The molecule has 0 saturated carbocycles. The predicted molar refractivity (Wildman–Crippen MR) is 45.4 cm³/mol. The second kappa shape index (κ2) is 3.05. The lowest BCUT2D eigenvalue weighted by Crippen LogP contribution is -2.41. The van der Waals surface area contributed by atoms with E-state index in [4.69, 9.17) is 0 Å². The second-order valence-corrected chi connectivity index (χ2v) is 2.94. The zero-order chi connectivity index (χ0) is 7.52. The van der Waals surface area contributed by atoms with E-state index in [-0.39, 0.29) is 6.29 Å². The summed E-state index contributed by atoms with van der Waals surface area (Å²) in [6.07, 6.45) is 8.58. The van der Waals surface area contributed by atoms with Crippen molar-refractivity contribution in [3.8, 4) is 0 Å². The molecule has 11 heavy (non-hydrogen) atoms. The summed E-state index contributed by atoms with van der Waals surface area (Å²) in [7, 11) is 0. The Morgan fingerprint density at radius 2 is 2.18 bits per heavy atom. The van der Waals surface area contributed by atoms with Gasteiger partial charge in [-0.1, -0.05) is 0 Å². The number of nitrogens with one attached hydrogen (secondary N) is 1. The van der Waals surface area contributed by atoms with E-state index < -0.39 is 0 Å². The van der Waals surface area contributed by atoms with Crippen LogP contribution in [0.3, 0.4) is 0 Å². The van der Waals surface area contributed by atoms with Gasteiger partial charge in [0.05, 0.1) is 0 Å². The Balaban J connectivity index is 1.94. The van der Waals surface area contributed by atoms with E-state index in [0.29, 0.717) is 0 Å². The minimum Gasteiger partial charge on any atom is -0.358 e. The number of allylic oxidation sites excluding steroid dienone is 1. The van der Waals surface area contributed by atoms with Crippen LogP contribution in [0.1, 0.15) is 12.8 Å². The van der Waals surface area contributed by atoms with E-state index >= 15 is 0 Å². The van der Waals surface area contributed by atoms with Crippen LogP contribution in [0.5, 0.6) is 0 Å². The molecule has 1 unspecified atom stereocenters.